The summed E-state index contributed by atoms with van der Waals surface area (Å²) in [5.74, 6) is 0.507. The van der Waals surface area contributed by atoms with Crippen LogP contribution in [-0.2, 0) is 5.41 Å². The average molecular weight is 334 g/mol. The molecule has 1 aromatic carbocycles. The van der Waals surface area contributed by atoms with Gasteiger partial charge >= 0.3 is 0 Å². The van der Waals surface area contributed by atoms with E-state index in [0.29, 0.717) is 5.92 Å². The van der Waals surface area contributed by atoms with E-state index in [0.717, 1.165) is 11.8 Å². The van der Waals surface area contributed by atoms with E-state index in [1.54, 1.807) is 0 Å². The number of benzene rings is 1. The number of nitriles is 1. The lowest BCUT2D eigenvalue weighted by Gasteiger charge is -2.36. The Kier molecular flexibility index (Phi) is 6.10. The Balaban J connectivity index is 2.32. The first-order chi connectivity index (χ1) is 9.83. The lowest BCUT2D eigenvalue weighted by atomic mass is 9.65. The van der Waals surface area contributed by atoms with E-state index in [4.69, 9.17) is 0 Å². The SMILES string of the molecule is N#CC(CCBr)(c1ccccc1)C1CCCCCCC1. The quantitative estimate of drug-likeness (QED) is 0.658. The van der Waals surface area contributed by atoms with Crippen molar-refractivity contribution < 1.29 is 0 Å². The van der Waals surface area contributed by atoms with Crippen LogP contribution >= 0.6 is 15.9 Å². The largest absolute Gasteiger partial charge is 0.197 e. The van der Waals surface area contributed by atoms with Gasteiger partial charge in [-0.3, -0.25) is 0 Å². The summed E-state index contributed by atoms with van der Waals surface area (Å²) in [5.41, 5.74) is 0.912. The molecule has 0 N–H and O–H groups in total. The molecule has 1 saturated carbocycles. The summed E-state index contributed by atoms with van der Waals surface area (Å²) < 4.78 is 0. The van der Waals surface area contributed by atoms with Crippen LogP contribution in [0.5, 0.6) is 0 Å². The van der Waals surface area contributed by atoms with E-state index in [9.17, 15) is 5.26 Å². The highest BCUT2D eigenvalue weighted by Gasteiger charge is 2.39. The molecule has 0 amide bonds. The third-order valence-corrected chi connectivity index (χ3v) is 5.18. The molecule has 1 aliphatic carbocycles. The minimum Gasteiger partial charge on any atom is -0.197 e. The monoisotopic (exact) mass is 333 g/mol. The molecule has 1 atom stereocenters. The van der Waals surface area contributed by atoms with Crippen molar-refractivity contribution in [1.82, 2.24) is 0 Å². The van der Waals surface area contributed by atoms with Gasteiger partial charge in [-0.1, -0.05) is 78.4 Å². The zero-order chi connectivity index (χ0) is 14.3. The fourth-order valence-corrected chi connectivity index (χ4v) is 4.25. The second kappa shape index (κ2) is 7.84. The van der Waals surface area contributed by atoms with E-state index in [-0.39, 0.29) is 5.41 Å². The van der Waals surface area contributed by atoms with Crippen molar-refractivity contribution in [3.63, 3.8) is 0 Å². The highest BCUT2D eigenvalue weighted by atomic mass is 79.9. The lowest BCUT2D eigenvalue weighted by Crippen LogP contribution is -2.35. The summed E-state index contributed by atoms with van der Waals surface area (Å²) in [4.78, 5) is 0. The van der Waals surface area contributed by atoms with Gasteiger partial charge in [0.25, 0.3) is 0 Å². The Hall–Kier alpha value is -0.810. The van der Waals surface area contributed by atoms with Crippen molar-refractivity contribution in [3.8, 4) is 6.07 Å². The molecule has 108 valence electrons. The van der Waals surface area contributed by atoms with Crippen LogP contribution in [0, 0.1) is 17.2 Å². The van der Waals surface area contributed by atoms with Crippen molar-refractivity contribution in [3.05, 3.63) is 35.9 Å². The molecule has 0 aliphatic heterocycles. The summed E-state index contributed by atoms with van der Waals surface area (Å²) >= 11 is 3.57. The molecule has 1 unspecified atom stereocenters. The minimum absolute atomic E-state index is 0.303. The molecule has 0 aromatic heterocycles. The third-order valence-electron chi connectivity index (χ3n) is 4.78. The van der Waals surface area contributed by atoms with Gasteiger partial charge in [0, 0.05) is 5.33 Å². The Morgan fingerprint density at radius 2 is 1.65 bits per heavy atom. The number of halogens is 1. The number of rotatable bonds is 4. The molecule has 0 saturated heterocycles. The molecular formula is C18H24BrN. The first kappa shape index (κ1) is 15.6. The van der Waals surface area contributed by atoms with Gasteiger partial charge in [-0.2, -0.15) is 5.26 Å². The van der Waals surface area contributed by atoms with E-state index < -0.39 is 0 Å². The molecular weight excluding hydrogens is 310 g/mol. The fourth-order valence-electron chi connectivity index (χ4n) is 3.63. The van der Waals surface area contributed by atoms with Crippen molar-refractivity contribution in [2.24, 2.45) is 5.92 Å². The van der Waals surface area contributed by atoms with Crippen LogP contribution in [0.15, 0.2) is 30.3 Å². The molecule has 0 spiro atoms. The summed E-state index contributed by atoms with van der Waals surface area (Å²) in [6, 6.07) is 13.2. The summed E-state index contributed by atoms with van der Waals surface area (Å²) in [5, 5.41) is 10.9. The van der Waals surface area contributed by atoms with Crippen LogP contribution in [-0.4, -0.2) is 5.33 Å². The van der Waals surface area contributed by atoms with Crippen LogP contribution in [0.4, 0.5) is 0 Å². The van der Waals surface area contributed by atoms with Gasteiger partial charge in [0.1, 0.15) is 0 Å². The molecule has 1 aliphatic rings. The van der Waals surface area contributed by atoms with Crippen molar-refractivity contribution in [2.45, 2.75) is 56.8 Å². The average Bonchev–Trinajstić information content (AvgIpc) is 2.46. The van der Waals surface area contributed by atoms with Gasteiger partial charge in [0.05, 0.1) is 11.5 Å². The van der Waals surface area contributed by atoms with Gasteiger partial charge in [-0.05, 0) is 30.7 Å². The Labute approximate surface area is 131 Å². The molecule has 0 heterocycles. The maximum Gasteiger partial charge on any atom is 0.0858 e. The van der Waals surface area contributed by atoms with Crippen LogP contribution < -0.4 is 0 Å². The van der Waals surface area contributed by atoms with Crippen LogP contribution in [0.1, 0.15) is 56.9 Å². The van der Waals surface area contributed by atoms with E-state index in [1.807, 2.05) is 6.07 Å². The first-order valence-electron chi connectivity index (χ1n) is 7.86. The van der Waals surface area contributed by atoms with Crippen molar-refractivity contribution in [1.29, 1.82) is 5.26 Å². The Morgan fingerprint density at radius 1 is 1.05 bits per heavy atom. The minimum atomic E-state index is -0.303. The summed E-state index contributed by atoms with van der Waals surface area (Å²) in [7, 11) is 0. The molecule has 1 nitrogen and oxygen atoms in total. The zero-order valence-electron chi connectivity index (χ0n) is 12.2. The lowest BCUT2D eigenvalue weighted by molar-refractivity contribution is 0.263. The van der Waals surface area contributed by atoms with Gasteiger partial charge in [0.2, 0.25) is 0 Å². The normalized spacial score (nSPS) is 20.4. The third kappa shape index (κ3) is 3.44. The highest BCUT2D eigenvalue weighted by Crippen LogP contribution is 2.42. The van der Waals surface area contributed by atoms with Gasteiger partial charge in [0.15, 0.2) is 0 Å². The summed E-state index contributed by atoms with van der Waals surface area (Å²) in [6.07, 6.45) is 9.92. The molecule has 2 heteroatoms. The van der Waals surface area contributed by atoms with E-state index in [1.165, 1.54) is 50.5 Å². The van der Waals surface area contributed by atoms with Gasteiger partial charge < -0.3 is 0 Å². The Morgan fingerprint density at radius 3 is 2.20 bits per heavy atom. The predicted molar refractivity (Wildman–Crippen MR) is 88.0 cm³/mol. The number of hydrogen-bond acceptors (Lipinski definition) is 1. The second-order valence-electron chi connectivity index (χ2n) is 5.93. The number of alkyl halides is 1. The second-order valence-corrected chi connectivity index (χ2v) is 6.72. The number of nitrogens with zero attached hydrogens (tertiary/aromatic N) is 1. The van der Waals surface area contributed by atoms with Crippen molar-refractivity contribution in [2.75, 3.05) is 5.33 Å². The van der Waals surface area contributed by atoms with Crippen LogP contribution in [0.25, 0.3) is 0 Å². The fraction of sp³-hybridized carbons (Fsp3) is 0.611. The summed E-state index contributed by atoms with van der Waals surface area (Å²) in [6.45, 7) is 0. The zero-order valence-corrected chi connectivity index (χ0v) is 13.7. The molecule has 1 aromatic rings. The van der Waals surface area contributed by atoms with E-state index >= 15 is 0 Å². The highest BCUT2D eigenvalue weighted by molar-refractivity contribution is 9.09. The van der Waals surface area contributed by atoms with Crippen LogP contribution in [0.2, 0.25) is 0 Å². The molecule has 1 fully saturated rings. The molecule has 2 rings (SSSR count). The topological polar surface area (TPSA) is 23.8 Å². The number of hydrogen-bond donors (Lipinski definition) is 0. The standard InChI is InChI=1S/C18H24BrN/c19-14-13-18(15-20,17-11-7-4-8-12-17)16-9-5-2-1-3-6-10-16/h4,7-8,11-12,16H,1-3,5-6,9-10,13-14H2. The van der Waals surface area contributed by atoms with Crippen LogP contribution in [0.3, 0.4) is 0 Å². The molecule has 0 radical (unpaired) electrons. The molecule has 0 bridgehead atoms. The van der Waals surface area contributed by atoms with Gasteiger partial charge in [-0.25, -0.2) is 0 Å². The maximum absolute atomic E-state index is 10.0. The molecule has 20 heavy (non-hydrogen) atoms. The van der Waals surface area contributed by atoms with E-state index in [2.05, 4.69) is 46.3 Å². The predicted octanol–water partition coefficient (Wildman–Crippen LogP) is 5.59. The maximum atomic E-state index is 10.0. The van der Waals surface area contributed by atoms with Crippen molar-refractivity contribution >= 4 is 15.9 Å². The van der Waals surface area contributed by atoms with Gasteiger partial charge in [-0.15, -0.1) is 0 Å². The Bertz CT molecular complexity index is 428. The smallest absolute Gasteiger partial charge is 0.0858 e. The first-order valence-corrected chi connectivity index (χ1v) is 8.98.